The van der Waals surface area contributed by atoms with Crippen LogP contribution in [-0.4, -0.2) is 33.4 Å². The van der Waals surface area contributed by atoms with E-state index in [-0.39, 0.29) is 11.8 Å². The fourth-order valence-corrected chi connectivity index (χ4v) is 4.57. The molecule has 0 radical (unpaired) electrons. The summed E-state index contributed by atoms with van der Waals surface area (Å²) in [4.78, 5) is 20.0. The Morgan fingerprint density at radius 3 is 2.77 bits per heavy atom. The number of para-hydroxylation sites is 2. The summed E-state index contributed by atoms with van der Waals surface area (Å²) in [5, 5.41) is 3.76. The van der Waals surface area contributed by atoms with Crippen molar-refractivity contribution >= 4 is 28.5 Å². The smallest absolute Gasteiger partial charge is 0.224 e. The number of imidazole rings is 1. The van der Waals surface area contributed by atoms with Crippen molar-refractivity contribution in [3.63, 3.8) is 0 Å². The van der Waals surface area contributed by atoms with Crippen LogP contribution in [0.15, 0.2) is 48.5 Å². The predicted octanol–water partition coefficient (Wildman–Crippen LogP) is 4.80. The summed E-state index contributed by atoms with van der Waals surface area (Å²) in [6.07, 6.45) is 1.94. The van der Waals surface area contributed by atoms with E-state index in [1.54, 1.807) is 0 Å². The van der Waals surface area contributed by atoms with Crippen LogP contribution >= 0.6 is 11.6 Å². The Morgan fingerprint density at radius 1 is 1.20 bits per heavy atom. The standard InChI is InChI=1S/C24H29ClN4O/c1-17(2)29-22-12-6-5-11-21(22)27-23(29)16-28-13-7-9-19(15-28)24(30)26-14-18-8-3-4-10-20(18)25/h3-6,8,10-12,17,19H,7,9,13-16H2,1-2H3,(H,26,30)/t19-/m0/s1. The van der Waals surface area contributed by atoms with Gasteiger partial charge in [-0.25, -0.2) is 4.98 Å². The summed E-state index contributed by atoms with van der Waals surface area (Å²) < 4.78 is 2.32. The Morgan fingerprint density at radius 2 is 1.97 bits per heavy atom. The first kappa shape index (κ1) is 20.9. The summed E-state index contributed by atoms with van der Waals surface area (Å²) >= 11 is 6.21. The van der Waals surface area contributed by atoms with Crippen molar-refractivity contribution in [2.45, 2.75) is 45.8 Å². The van der Waals surface area contributed by atoms with Gasteiger partial charge in [0.2, 0.25) is 5.91 Å². The molecule has 4 rings (SSSR count). The van der Waals surface area contributed by atoms with Crippen LogP contribution < -0.4 is 5.32 Å². The van der Waals surface area contributed by atoms with Crippen molar-refractivity contribution in [3.8, 4) is 0 Å². The molecule has 0 saturated carbocycles. The van der Waals surface area contributed by atoms with Crippen LogP contribution in [0.5, 0.6) is 0 Å². The van der Waals surface area contributed by atoms with Crippen molar-refractivity contribution in [1.82, 2.24) is 19.8 Å². The number of fused-ring (bicyclic) bond motifs is 1. The van der Waals surface area contributed by atoms with Crippen LogP contribution in [0.1, 0.15) is 44.1 Å². The highest BCUT2D eigenvalue weighted by Crippen LogP contribution is 2.24. The van der Waals surface area contributed by atoms with Crippen molar-refractivity contribution in [2.75, 3.05) is 13.1 Å². The maximum atomic E-state index is 12.8. The molecule has 1 fully saturated rings. The number of rotatable bonds is 6. The first-order valence-corrected chi connectivity index (χ1v) is 11.1. The molecule has 1 N–H and O–H groups in total. The minimum Gasteiger partial charge on any atom is -0.352 e. The maximum absolute atomic E-state index is 12.8. The molecule has 2 heterocycles. The van der Waals surface area contributed by atoms with Gasteiger partial charge in [0.25, 0.3) is 0 Å². The van der Waals surface area contributed by atoms with Crippen LogP contribution in [-0.2, 0) is 17.9 Å². The van der Waals surface area contributed by atoms with E-state index >= 15 is 0 Å². The van der Waals surface area contributed by atoms with Crippen LogP contribution in [0.25, 0.3) is 11.0 Å². The molecule has 1 aliphatic heterocycles. The SMILES string of the molecule is CC(C)n1c(CN2CCC[C@H](C(=O)NCc3ccccc3Cl)C2)nc2ccccc21. The molecule has 3 aromatic rings. The molecule has 0 bridgehead atoms. The Bertz CT molecular complexity index is 1030. The van der Waals surface area contributed by atoms with Gasteiger partial charge in [0.1, 0.15) is 5.82 Å². The molecule has 6 heteroatoms. The summed E-state index contributed by atoms with van der Waals surface area (Å²) in [5.41, 5.74) is 3.16. The van der Waals surface area contributed by atoms with E-state index in [1.165, 1.54) is 5.52 Å². The van der Waals surface area contributed by atoms with Crippen LogP contribution in [0.4, 0.5) is 0 Å². The molecule has 0 spiro atoms. The highest BCUT2D eigenvalue weighted by atomic mass is 35.5. The lowest BCUT2D eigenvalue weighted by atomic mass is 9.97. The molecule has 30 heavy (non-hydrogen) atoms. The number of benzene rings is 2. The highest BCUT2D eigenvalue weighted by Gasteiger charge is 2.27. The maximum Gasteiger partial charge on any atom is 0.224 e. The average molecular weight is 425 g/mol. The minimum atomic E-state index is -0.00174. The fourth-order valence-electron chi connectivity index (χ4n) is 4.36. The van der Waals surface area contributed by atoms with Crippen molar-refractivity contribution in [1.29, 1.82) is 0 Å². The molecule has 0 aliphatic carbocycles. The lowest BCUT2D eigenvalue weighted by Crippen LogP contribution is -2.42. The molecule has 1 saturated heterocycles. The van der Waals surface area contributed by atoms with Gasteiger partial charge in [0.15, 0.2) is 0 Å². The molecule has 1 amide bonds. The monoisotopic (exact) mass is 424 g/mol. The molecule has 1 aliphatic rings. The minimum absolute atomic E-state index is 0.00174. The van der Waals surface area contributed by atoms with Gasteiger partial charge in [-0.15, -0.1) is 0 Å². The molecular formula is C24H29ClN4O. The Kier molecular flexibility index (Phi) is 6.40. The number of nitrogens with one attached hydrogen (secondary N) is 1. The summed E-state index contributed by atoms with van der Waals surface area (Å²) in [6, 6.07) is 16.3. The van der Waals surface area contributed by atoms with E-state index in [4.69, 9.17) is 16.6 Å². The van der Waals surface area contributed by atoms with E-state index in [0.717, 1.165) is 49.4 Å². The Hall–Kier alpha value is -2.37. The number of carbonyl (C=O) groups is 1. The van der Waals surface area contributed by atoms with Crippen LogP contribution in [0.2, 0.25) is 5.02 Å². The zero-order valence-electron chi connectivity index (χ0n) is 17.6. The number of nitrogens with zero attached hydrogens (tertiary/aromatic N) is 3. The summed E-state index contributed by atoms with van der Waals surface area (Å²) in [7, 11) is 0. The first-order valence-electron chi connectivity index (χ1n) is 10.7. The zero-order chi connectivity index (χ0) is 21.1. The summed E-state index contributed by atoms with van der Waals surface area (Å²) in [5.74, 6) is 1.18. The molecule has 1 atom stereocenters. The second kappa shape index (κ2) is 9.19. The molecular weight excluding hydrogens is 396 g/mol. The second-order valence-electron chi connectivity index (χ2n) is 8.36. The molecule has 1 aromatic heterocycles. The van der Waals surface area contributed by atoms with Gasteiger partial charge in [0.05, 0.1) is 23.5 Å². The number of hydrogen-bond acceptors (Lipinski definition) is 3. The normalized spacial score (nSPS) is 17.5. The number of likely N-dealkylation sites (tertiary alicyclic amines) is 1. The Balaban J connectivity index is 1.42. The third kappa shape index (κ3) is 4.52. The quantitative estimate of drug-likeness (QED) is 0.618. The van der Waals surface area contributed by atoms with Crippen molar-refractivity contribution < 1.29 is 4.79 Å². The van der Waals surface area contributed by atoms with E-state index in [9.17, 15) is 4.79 Å². The van der Waals surface area contributed by atoms with Crippen LogP contribution in [0.3, 0.4) is 0 Å². The lowest BCUT2D eigenvalue weighted by molar-refractivity contribution is -0.127. The largest absolute Gasteiger partial charge is 0.352 e. The van der Waals surface area contributed by atoms with Crippen molar-refractivity contribution in [3.05, 3.63) is 64.9 Å². The van der Waals surface area contributed by atoms with E-state index in [1.807, 2.05) is 30.3 Å². The second-order valence-corrected chi connectivity index (χ2v) is 8.77. The number of carbonyl (C=O) groups excluding carboxylic acids is 1. The average Bonchev–Trinajstić information content (AvgIpc) is 3.11. The van der Waals surface area contributed by atoms with E-state index < -0.39 is 0 Å². The number of amides is 1. The number of halogens is 1. The number of piperidine rings is 1. The highest BCUT2D eigenvalue weighted by molar-refractivity contribution is 6.31. The van der Waals surface area contributed by atoms with E-state index in [2.05, 4.69) is 46.8 Å². The first-order chi connectivity index (χ1) is 14.5. The van der Waals surface area contributed by atoms with Gasteiger partial charge in [-0.2, -0.15) is 0 Å². The summed E-state index contributed by atoms with van der Waals surface area (Å²) in [6.45, 7) is 7.38. The van der Waals surface area contributed by atoms with Gasteiger partial charge < -0.3 is 9.88 Å². The predicted molar refractivity (Wildman–Crippen MR) is 121 cm³/mol. The van der Waals surface area contributed by atoms with Crippen LogP contribution in [0, 0.1) is 5.92 Å². The fraction of sp³-hybridized carbons (Fsp3) is 0.417. The van der Waals surface area contributed by atoms with E-state index in [0.29, 0.717) is 17.6 Å². The molecule has 0 unspecified atom stereocenters. The van der Waals surface area contributed by atoms with Gasteiger partial charge in [-0.3, -0.25) is 9.69 Å². The molecule has 2 aromatic carbocycles. The van der Waals surface area contributed by atoms with Crippen molar-refractivity contribution in [2.24, 2.45) is 5.92 Å². The third-order valence-corrected chi connectivity index (χ3v) is 6.21. The Labute approximate surface area is 183 Å². The molecule has 5 nitrogen and oxygen atoms in total. The van der Waals surface area contributed by atoms with Gasteiger partial charge in [-0.05, 0) is 57.0 Å². The van der Waals surface area contributed by atoms with Gasteiger partial charge in [-0.1, -0.05) is 41.9 Å². The number of hydrogen-bond donors (Lipinski definition) is 1. The number of aromatic nitrogens is 2. The molecule has 158 valence electrons. The topological polar surface area (TPSA) is 50.2 Å². The van der Waals surface area contributed by atoms with Gasteiger partial charge in [0, 0.05) is 24.2 Å². The van der Waals surface area contributed by atoms with Gasteiger partial charge >= 0.3 is 0 Å². The third-order valence-electron chi connectivity index (χ3n) is 5.84. The lowest BCUT2D eigenvalue weighted by Gasteiger charge is -2.32. The zero-order valence-corrected chi connectivity index (χ0v) is 18.4.